The highest BCUT2D eigenvalue weighted by Crippen LogP contribution is 2.42. The number of rotatable bonds is 9. The molecule has 3 aliphatic rings. The average molecular weight is 556 g/mol. The third-order valence-corrected chi connectivity index (χ3v) is 9.63. The Hall–Kier alpha value is -3.16. The average Bonchev–Trinajstić information content (AvgIpc) is 3.68. The Bertz CT molecular complexity index is 1220. The zero-order valence-corrected chi connectivity index (χ0v) is 24.3. The first-order chi connectivity index (χ1) is 20.1. The van der Waals surface area contributed by atoms with E-state index in [1.165, 1.54) is 83.1 Å². The van der Waals surface area contributed by atoms with Crippen LogP contribution < -0.4 is 0 Å². The molecule has 3 fully saturated rings. The summed E-state index contributed by atoms with van der Waals surface area (Å²) in [7, 11) is 0. The number of aromatic nitrogens is 2. The molecule has 7 heteroatoms. The number of nitrogens with zero attached hydrogens (tertiary/aromatic N) is 4. The number of piperidine rings is 1. The smallest absolute Gasteiger partial charge is 0.410 e. The zero-order chi connectivity index (χ0) is 27.9. The first-order valence-electron chi connectivity index (χ1n) is 15.6. The molecule has 1 aromatic heterocycles. The summed E-state index contributed by atoms with van der Waals surface area (Å²) >= 11 is 0. The maximum atomic E-state index is 13.1. The second-order valence-corrected chi connectivity index (χ2v) is 12.5. The molecule has 1 N–H and O–H groups in total. The number of amides is 1. The van der Waals surface area contributed by atoms with Gasteiger partial charge in [0.25, 0.3) is 0 Å². The molecule has 1 spiro atoms. The van der Waals surface area contributed by atoms with E-state index in [2.05, 4.69) is 44.0 Å². The Morgan fingerprint density at radius 3 is 2.37 bits per heavy atom. The lowest BCUT2D eigenvalue weighted by atomic mass is 9.77. The monoisotopic (exact) mass is 555 g/mol. The summed E-state index contributed by atoms with van der Waals surface area (Å²) < 4.78 is 5.65. The van der Waals surface area contributed by atoms with Crippen LogP contribution in [0, 0.1) is 5.41 Å². The molecule has 0 radical (unpaired) electrons. The standard InChI is InChI=1S/C34H45N5O2/c40-33(41-26-30-7-3-1-4-8-30)39(25-32-35-18-19-36-32)24-29-13-11-28(12-14-29)23-37-20-15-34(27-37)16-21-38(22-17-34)31-9-5-2-6-10-31/h1,3-4,7-8,11-14,18-19,31H,2,5-6,9-10,15-17,20-27H2,(H,35,36). The molecule has 218 valence electrons. The molecular formula is C34H45N5O2. The first-order valence-corrected chi connectivity index (χ1v) is 15.6. The molecule has 1 aliphatic carbocycles. The molecule has 2 aliphatic heterocycles. The molecule has 0 bridgehead atoms. The summed E-state index contributed by atoms with van der Waals surface area (Å²) in [5.74, 6) is 0.741. The van der Waals surface area contributed by atoms with E-state index in [0.717, 1.165) is 29.5 Å². The fourth-order valence-corrected chi connectivity index (χ4v) is 7.17. The van der Waals surface area contributed by atoms with E-state index in [9.17, 15) is 4.79 Å². The molecule has 2 saturated heterocycles. The molecule has 2 aromatic carbocycles. The molecule has 3 aromatic rings. The van der Waals surface area contributed by atoms with E-state index in [4.69, 9.17) is 4.74 Å². The highest BCUT2D eigenvalue weighted by atomic mass is 16.6. The number of hydrogen-bond acceptors (Lipinski definition) is 5. The normalized spacial score (nSPS) is 19.9. The van der Waals surface area contributed by atoms with Crippen LogP contribution in [0.2, 0.25) is 0 Å². The van der Waals surface area contributed by atoms with Crippen LogP contribution in [0.25, 0.3) is 0 Å². The Balaban J connectivity index is 1.01. The molecule has 6 rings (SSSR count). The molecular weight excluding hydrogens is 510 g/mol. The molecule has 1 saturated carbocycles. The molecule has 41 heavy (non-hydrogen) atoms. The van der Waals surface area contributed by atoms with Crippen molar-refractivity contribution in [1.82, 2.24) is 24.7 Å². The highest BCUT2D eigenvalue weighted by molar-refractivity contribution is 5.67. The fraction of sp³-hybridized carbons (Fsp3) is 0.529. The van der Waals surface area contributed by atoms with Gasteiger partial charge >= 0.3 is 6.09 Å². The molecule has 0 unspecified atom stereocenters. The number of aromatic amines is 1. The second-order valence-electron chi connectivity index (χ2n) is 12.5. The third-order valence-electron chi connectivity index (χ3n) is 9.63. The van der Waals surface area contributed by atoms with Gasteiger partial charge in [0, 0.05) is 38.1 Å². The molecule has 3 heterocycles. The number of likely N-dealkylation sites (tertiary alicyclic amines) is 2. The topological polar surface area (TPSA) is 64.7 Å². The SMILES string of the molecule is O=C(OCc1ccccc1)N(Cc1ccc(CN2CCC3(CCN(C4CCCCC4)CC3)C2)cc1)Cc1ncc[nH]1. The minimum atomic E-state index is -0.341. The van der Waals surface area contributed by atoms with Crippen molar-refractivity contribution in [1.29, 1.82) is 0 Å². The van der Waals surface area contributed by atoms with Crippen LogP contribution in [0.5, 0.6) is 0 Å². The lowest BCUT2D eigenvalue weighted by molar-refractivity contribution is 0.0615. The van der Waals surface area contributed by atoms with Crippen molar-refractivity contribution in [3.63, 3.8) is 0 Å². The van der Waals surface area contributed by atoms with Crippen molar-refractivity contribution < 1.29 is 9.53 Å². The van der Waals surface area contributed by atoms with E-state index in [-0.39, 0.29) is 12.7 Å². The fourth-order valence-electron chi connectivity index (χ4n) is 7.17. The van der Waals surface area contributed by atoms with Crippen LogP contribution in [-0.2, 0) is 31.0 Å². The molecule has 7 nitrogen and oxygen atoms in total. The molecule has 1 amide bonds. The van der Waals surface area contributed by atoms with Crippen LogP contribution in [0.1, 0.15) is 73.9 Å². The Morgan fingerprint density at radius 2 is 1.63 bits per heavy atom. The summed E-state index contributed by atoms with van der Waals surface area (Å²) in [5, 5.41) is 0. The summed E-state index contributed by atoms with van der Waals surface area (Å²) in [6.45, 7) is 7.14. The van der Waals surface area contributed by atoms with Gasteiger partial charge in [-0.1, -0.05) is 73.9 Å². The Labute approximate surface area is 244 Å². The van der Waals surface area contributed by atoms with Gasteiger partial charge in [-0.05, 0) is 73.8 Å². The van der Waals surface area contributed by atoms with Gasteiger partial charge in [0.2, 0.25) is 0 Å². The number of benzene rings is 2. The molecule has 0 atom stereocenters. The van der Waals surface area contributed by atoms with Crippen molar-refractivity contribution >= 4 is 6.09 Å². The number of nitrogens with one attached hydrogen (secondary N) is 1. The summed E-state index contributed by atoms with van der Waals surface area (Å²) in [4.78, 5) is 27.7. The van der Waals surface area contributed by atoms with Gasteiger partial charge in [-0.2, -0.15) is 0 Å². The number of carbonyl (C=O) groups is 1. The van der Waals surface area contributed by atoms with Gasteiger partial charge in [0.15, 0.2) is 0 Å². The predicted molar refractivity (Wildman–Crippen MR) is 161 cm³/mol. The number of imidazole rings is 1. The van der Waals surface area contributed by atoms with Crippen LogP contribution in [0.3, 0.4) is 0 Å². The van der Waals surface area contributed by atoms with Gasteiger partial charge in [0.05, 0.1) is 6.54 Å². The van der Waals surface area contributed by atoms with Crippen LogP contribution >= 0.6 is 0 Å². The third kappa shape index (κ3) is 7.38. The zero-order valence-electron chi connectivity index (χ0n) is 24.3. The summed E-state index contributed by atoms with van der Waals surface area (Å²) in [5.41, 5.74) is 3.93. The van der Waals surface area contributed by atoms with Crippen LogP contribution in [-0.4, -0.2) is 63.0 Å². The van der Waals surface area contributed by atoms with Crippen molar-refractivity contribution in [2.24, 2.45) is 5.41 Å². The van der Waals surface area contributed by atoms with Crippen molar-refractivity contribution in [3.8, 4) is 0 Å². The number of ether oxygens (including phenoxy) is 1. The number of H-pyrrole nitrogens is 1. The summed E-state index contributed by atoms with van der Waals surface area (Å²) in [6, 6.07) is 19.4. The van der Waals surface area contributed by atoms with E-state index < -0.39 is 0 Å². The lowest BCUT2D eigenvalue weighted by Gasteiger charge is -2.43. The van der Waals surface area contributed by atoms with Gasteiger partial charge in [0.1, 0.15) is 12.4 Å². The lowest BCUT2D eigenvalue weighted by Crippen LogP contribution is -2.46. The van der Waals surface area contributed by atoms with Gasteiger partial charge < -0.3 is 14.6 Å². The van der Waals surface area contributed by atoms with E-state index in [0.29, 0.717) is 18.5 Å². The van der Waals surface area contributed by atoms with Crippen molar-refractivity contribution in [3.05, 3.63) is 89.5 Å². The minimum absolute atomic E-state index is 0.253. The van der Waals surface area contributed by atoms with E-state index >= 15 is 0 Å². The van der Waals surface area contributed by atoms with E-state index in [1.54, 1.807) is 17.3 Å². The van der Waals surface area contributed by atoms with Gasteiger partial charge in [-0.25, -0.2) is 9.78 Å². The Kier molecular flexibility index (Phi) is 9.02. The number of hydrogen-bond donors (Lipinski definition) is 1. The quantitative estimate of drug-likeness (QED) is 0.332. The maximum absolute atomic E-state index is 13.1. The van der Waals surface area contributed by atoms with E-state index in [1.807, 2.05) is 30.3 Å². The van der Waals surface area contributed by atoms with Crippen LogP contribution in [0.15, 0.2) is 67.0 Å². The second kappa shape index (κ2) is 13.2. The van der Waals surface area contributed by atoms with Crippen molar-refractivity contribution in [2.75, 3.05) is 26.2 Å². The van der Waals surface area contributed by atoms with Crippen LogP contribution in [0.4, 0.5) is 4.79 Å². The van der Waals surface area contributed by atoms with Gasteiger partial charge in [-0.3, -0.25) is 9.80 Å². The first kappa shape index (κ1) is 28.0. The summed E-state index contributed by atoms with van der Waals surface area (Å²) in [6.07, 6.45) is 14.4. The largest absolute Gasteiger partial charge is 0.445 e. The highest BCUT2D eigenvalue weighted by Gasteiger charge is 2.41. The predicted octanol–water partition coefficient (Wildman–Crippen LogP) is 6.37. The number of carbonyl (C=O) groups excluding carboxylic acids is 1. The Morgan fingerprint density at radius 1 is 0.902 bits per heavy atom. The minimum Gasteiger partial charge on any atom is -0.445 e. The van der Waals surface area contributed by atoms with Crippen molar-refractivity contribution in [2.45, 2.75) is 83.6 Å². The van der Waals surface area contributed by atoms with Gasteiger partial charge in [-0.15, -0.1) is 0 Å². The maximum Gasteiger partial charge on any atom is 0.410 e.